The fourth-order valence-corrected chi connectivity index (χ4v) is 5.16. The first kappa shape index (κ1) is 26.2. The maximum atomic E-state index is 12.5. The van der Waals surface area contributed by atoms with Crippen LogP contribution in [0.5, 0.6) is 11.5 Å². The SMILES string of the molecule is COc1ccc2c(c1OCc1ccccc1)C[C@H](C(=O)O)N(C(O)[C@@H](O[C@H]1CCOC1)c1ccccc1)C2. The van der Waals surface area contributed by atoms with Gasteiger partial charge in [-0.05, 0) is 29.2 Å². The van der Waals surface area contributed by atoms with E-state index in [9.17, 15) is 15.0 Å². The van der Waals surface area contributed by atoms with Gasteiger partial charge in [0.25, 0.3) is 0 Å². The zero-order valence-electron chi connectivity index (χ0n) is 21.4. The molecule has 0 aromatic heterocycles. The van der Waals surface area contributed by atoms with Crippen molar-refractivity contribution in [1.29, 1.82) is 0 Å². The maximum absolute atomic E-state index is 12.5. The van der Waals surface area contributed by atoms with E-state index in [4.69, 9.17) is 18.9 Å². The molecule has 0 aliphatic carbocycles. The molecule has 8 nitrogen and oxygen atoms in total. The van der Waals surface area contributed by atoms with Gasteiger partial charge in [0.2, 0.25) is 0 Å². The Kier molecular flexibility index (Phi) is 8.24. The van der Waals surface area contributed by atoms with Gasteiger partial charge in [-0.25, -0.2) is 0 Å². The highest BCUT2D eigenvalue weighted by Gasteiger charge is 2.41. The molecule has 1 saturated heterocycles. The summed E-state index contributed by atoms with van der Waals surface area (Å²) in [5.41, 5.74) is 3.43. The molecule has 0 amide bonds. The zero-order valence-corrected chi connectivity index (χ0v) is 21.4. The molecule has 0 radical (unpaired) electrons. The molecular formula is C30H33NO7. The number of carbonyl (C=O) groups is 1. The Morgan fingerprint density at radius 1 is 1.08 bits per heavy atom. The number of aliphatic carboxylic acids is 1. The summed E-state index contributed by atoms with van der Waals surface area (Å²) in [4.78, 5) is 14.1. The second-order valence-electron chi connectivity index (χ2n) is 9.61. The van der Waals surface area contributed by atoms with E-state index in [1.54, 1.807) is 12.0 Å². The van der Waals surface area contributed by atoms with Crippen molar-refractivity contribution in [2.45, 2.75) is 50.5 Å². The molecule has 8 heteroatoms. The van der Waals surface area contributed by atoms with E-state index in [0.29, 0.717) is 31.3 Å². The van der Waals surface area contributed by atoms with E-state index in [2.05, 4.69) is 0 Å². The summed E-state index contributed by atoms with van der Waals surface area (Å²) in [5, 5.41) is 21.9. The average molecular weight is 520 g/mol. The van der Waals surface area contributed by atoms with E-state index in [-0.39, 0.29) is 19.1 Å². The van der Waals surface area contributed by atoms with Crippen molar-refractivity contribution < 1.29 is 34.0 Å². The Balaban J connectivity index is 1.45. The first-order valence-corrected chi connectivity index (χ1v) is 12.9. The van der Waals surface area contributed by atoms with Crippen LogP contribution in [0.3, 0.4) is 0 Å². The van der Waals surface area contributed by atoms with Crippen molar-refractivity contribution in [2.24, 2.45) is 0 Å². The normalized spacial score (nSPS) is 20.9. The number of rotatable bonds is 10. The van der Waals surface area contributed by atoms with Gasteiger partial charge in [-0.15, -0.1) is 0 Å². The van der Waals surface area contributed by atoms with E-state index in [0.717, 1.165) is 28.7 Å². The quantitative estimate of drug-likeness (QED) is 0.416. The number of fused-ring (bicyclic) bond motifs is 1. The second kappa shape index (κ2) is 12.0. The minimum atomic E-state index is -1.19. The van der Waals surface area contributed by atoms with Crippen LogP contribution < -0.4 is 9.47 Å². The Morgan fingerprint density at radius 2 is 1.82 bits per heavy atom. The van der Waals surface area contributed by atoms with Crippen molar-refractivity contribution in [2.75, 3.05) is 20.3 Å². The summed E-state index contributed by atoms with van der Waals surface area (Å²) in [6, 6.07) is 21.9. The summed E-state index contributed by atoms with van der Waals surface area (Å²) in [5.74, 6) is 0.0558. The van der Waals surface area contributed by atoms with Crippen LogP contribution in [0.4, 0.5) is 0 Å². The van der Waals surface area contributed by atoms with E-state index in [1.165, 1.54) is 0 Å². The lowest BCUT2D eigenvalue weighted by Crippen LogP contribution is -2.53. The molecular weight excluding hydrogens is 486 g/mol. The maximum Gasteiger partial charge on any atom is 0.321 e. The van der Waals surface area contributed by atoms with Crippen molar-refractivity contribution in [1.82, 2.24) is 4.90 Å². The number of nitrogens with zero attached hydrogens (tertiary/aromatic N) is 1. The summed E-state index contributed by atoms with van der Waals surface area (Å²) in [6.07, 6.45) is -1.22. The van der Waals surface area contributed by atoms with Gasteiger partial charge in [-0.1, -0.05) is 66.7 Å². The minimum Gasteiger partial charge on any atom is -0.493 e. The zero-order chi connectivity index (χ0) is 26.5. The molecule has 2 aliphatic heterocycles. The van der Waals surface area contributed by atoms with Crippen LogP contribution in [-0.4, -0.2) is 59.8 Å². The lowest BCUT2D eigenvalue weighted by molar-refractivity contribution is -0.170. The molecule has 3 aromatic carbocycles. The molecule has 4 atom stereocenters. The van der Waals surface area contributed by atoms with Gasteiger partial charge in [0, 0.05) is 25.1 Å². The van der Waals surface area contributed by atoms with E-state index >= 15 is 0 Å². The lowest BCUT2D eigenvalue weighted by Gasteiger charge is -2.41. The molecule has 1 fully saturated rings. The fourth-order valence-electron chi connectivity index (χ4n) is 5.16. The van der Waals surface area contributed by atoms with Gasteiger partial charge in [-0.2, -0.15) is 0 Å². The summed E-state index contributed by atoms with van der Waals surface area (Å²) in [6.45, 7) is 1.59. The topological polar surface area (TPSA) is 97.7 Å². The van der Waals surface area contributed by atoms with Gasteiger partial charge in [-0.3, -0.25) is 9.69 Å². The number of carboxylic acids is 1. The van der Waals surface area contributed by atoms with Crippen LogP contribution >= 0.6 is 0 Å². The first-order chi connectivity index (χ1) is 18.5. The van der Waals surface area contributed by atoms with Crippen LogP contribution in [0.25, 0.3) is 0 Å². The highest BCUT2D eigenvalue weighted by Crippen LogP contribution is 2.40. The highest BCUT2D eigenvalue weighted by atomic mass is 16.6. The Bertz CT molecular complexity index is 1210. The Labute approximate surface area is 222 Å². The number of hydrogen-bond acceptors (Lipinski definition) is 7. The van der Waals surface area contributed by atoms with Crippen LogP contribution in [-0.2, 0) is 33.8 Å². The first-order valence-electron chi connectivity index (χ1n) is 12.9. The van der Waals surface area contributed by atoms with Crippen molar-refractivity contribution >= 4 is 5.97 Å². The van der Waals surface area contributed by atoms with Crippen LogP contribution in [0.1, 0.15) is 34.8 Å². The number of aliphatic hydroxyl groups excluding tert-OH is 1. The summed E-state index contributed by atoms with van der Waals surface area (Å²) in [7, 11) is 1.57. The third-order valence-electron chi connectivity index (χ3n) is 7.17. The largest absolute Gasteiger partial charge is 0.493 e. The number of benzene rings is 3. The third kappa shape index (κ3) is 5.68. The fraction of sp³-hybridized carbons (Fsp3) is 0.367. The Hall–Kier alpha value is -3.43. The average Bonchev–Trinajstić information content (AvgIpc) is 3.48. The van der Waals surface area contributed by atoms with E-state index < -0.39 is 24.3 Å². The summed E-state index contributed by atoms with van der Waals surface area (Å²) >= 11 is 0. The lowest BCUT2D eigenvalue weighted by atomic mass is 9.91. The van der Waals surface area contributed by atoms with Gasteiger partial charge < -0.3 is 29.2 Å². The predicted octanol–water partition coefficient (Wildman–Crippen LogP) is 3.95. The summed E-state index contributed by atoms with van der Waals surface area (Å²) < 4.78 is 23.6. The number of ether oxygens (including phenoxy) is 4. The number of methoxy groups -OCH3 is 1. The molecule has 0 bridgehead atoms. The predicted molar refractivity (Wildman–Crippen MR) is 140 cm³/mol. The smallest absolute Gasteiger partial charge is 0.321 e. The van der Waals surface area contributed by atoms with Crippen molar-refractivity contribution in [3.05, 3.63) is 95.1 Å². The molecule has 2 heterocycles. The molecule has 2 aliphatic rings. The van der Waals surface area contributed by atoms with Crippen LogP contribution in [0.15, 0.2) is 72.8 Å². The van der Waals surface area contributed by atoms with Crippen molar-refractivity contribution in [3.8, 4) is 11.5 Å². The molecule has 200 valence electrons. The highest BCUT2D eigenvalue weighted by molar-refractivity contribution is 5.75. The van der Waals surface area contributed by atoms with Crippen LogP contribution in [0.2, 0.25) is 0 Å². The number of carboxylic acid groups (broad SMARTS) is 1. The molecule has 38 heavy (non-hydrogen) atoms. The monoisotopic (exact) mass is 519 g/mol. The Morgan fingerprint density at radius 3 is 2.47 bits per heavy atom. The number of hydrogen-bond donors (Lipinski definition) is 2. The van der Waals surface area contributed by atoms with Crippen LogP contribution in [0, 0.1) is 0 Å². The van der Waals surface area contributed by atoms with Gasteiger partial charge >= 0.3 is 5.97 Å². The molecule has 0 spiro atoms. The third-order valence-corrected chi connectivity index (χ3v) is 7.17. The minimum absolute atomic E-state index is 0.150. The van der Waals surface area contributed by atoms with Gasteiger partial charge in [0.15, 0.2) is 11.5 Å². The molecule has 3 aromatic rings. The van der Waals surface area contributed by atoms with Gasteiger partial charge in [0.1, 0.15) is 25.0 Å². The van der Waals surface area contributed by atoms with Crippen molar-refractivity contribution in [3.63, 3.8) is 0 Å². The van der Waals surface area contributed by atoms with Gasteiger partial charge in [0.05, 0.1) is 19.8 Å². The molecule has 2 N–H and O–H groups in total. The molecule has 1 unspecified atom stereocenters. The standard InChI is InChI=1S/C30H33NO7/c1-35-26-13-12-22-17-31(29(32)27(21-10-6-3-7-11-21)38-23-14-15-36-19-23)25(30(33)34)16-24(22)28(26)37-18-20-8-4-2-5-9-20/h2-13,23,25,27,29,32H,14-19H2,1H3,(H,33,34)/t23-,25+,27-,29?/m0/s1. The molecule has 5 rings (SSSR count). The number of aliphatic hydroxyl groups is 1. The van der Waals surface area contributed by atoms with E-state index in [1.807, 2.05) is 72.8 Å². The second-order valence-corrected chi connectivity index (χ2v) is 9.61. The molecule has 0 saturated carbocycles.